The van der Waals surface area contributed by atoms with Crippen molar-refractivity contribution in [2.45, 2.75) is 80.4 Å². The summed E-state index contributed by atoms with van der Waals surface area (Å²) in [7, 11) is -2.21. The Morgan fingerprint density at radius 2 is 2.03 bits per heavy atom. The first kappa shape index (κ1) is 22.7. The molecule has 31 heavy (non-hydrogen) atoms. The lowest BCUT2D eigenvalue weighted by Gasteiger charge is -2.43. The average molecular weight is 457 g/mol. The molecule has 2 aliphatic heterocycles. The molecule has 11 heteroatoms. The van der Waals surface area contributed by atoms with Crippen molar-refractivity contribution in [2.24, 2.45) is 7.05 Å². The summed E-state index contributed by atoms with van der Waals surface area (Å²) in [5.41, 5.74) is 0. The highest BCUT2D eigenvalue weighted by atomic mass is 32.2. The standard InChI is InChI=1S/C20H32N4O6S/c1-23-10-20(21-13-23)31(27,28)24-9-15(25)11-29-12-18-17(24)7-6-16(30-18)8-19(26)22-14-4-2-3-5-14/h10,13-18,25H,2-9,11-12H2,1H3,(H,22,26)/t15-,16-,17+,18-/m0/s1. The Kier molecular flexibility index (Phi) is 6.97. The van der Waals surface area contributed by atoms with Crippen molar-refractivity contribution in [1.29, 1.82) is 0 Å². The van der Waals surface area contributed by atoms with E-state index in [1.807, 2.05) is 0 Å². The molecule has 0 aromatic carbocycles. The van der Waals surface area contributed by atoms with Gasteiger partial charge in [0, 0.05) is 25.8 Å². The lowest BCUT2D eigenvalue weighted by molar-refractivity contribution is -0.146. The molecular weight excluding hydrogens is 424 g/mol. The van der Waals surface area contributed by atoms with Gasteiger partial charge in [0.15, 0.2) is 5.03 Å². The number of carbonyl (C=O) groups excluding carboxylic acids is 1. The summed E-state index contributed by atoms with van der Waals surface area (Å²) in [6.45, 7) is 0.0978. The number of aromatic nitrogens is 2. The minimum absolute atomic E-state index is 0.0181. The highest BCUT2D eigenvalue weighted by Gasteiger charge is 2.44. The molecule has 1 aliphatic carbocycles. The molecule has 0 unspecified atom stereocenters. The van der Waals surface area contributed by atoms with Gasteiger partial charge in [0.25, 0.3) is 10.0 Å². The number of aryl methyl sites for hydroxylation is 1. The molecule has 3 heterocycles. The second-order valence-electron chi connectivity index (χ2n) is 8.84. The SMILES string of the molecule is Cn1cnc(S(=O)(=O)N2C[C@H](O)COC[C@@H]3O[C@H](CC(=O)NC4CCCC4)CC[C@H]32)c1. The summed E-state index contributed by atoms with van der Waals surface area (Å²) in [6, 6.07) is -0.231. The van der Waals surface area contributed by atoms with Crippen LogP contribution in [0.5, 0.6) is 0 Å². The van der Waals surface area contributed by atoms with Gasteiger partial charge in [0.2, 0.25) is 5.91 Å². The van der Waals surface area contributed by atoms with Crippen LogP contribution in [0.2, 0.25) is 0 Å². The maximum absolute atomic E-state index is 13.3. The van der Waals surface area contributed by atoms with Gasteiger partial charge in [-0.3, -0.25) is 4.79 Å². The van der Waals surface area contributed by atoms with Crippen molar-refractivity contribution in [3.63, 3.8) is 0 Å². The van der Waals surface area contributed by atoms with Gasteiger partial charge in [-0.2, -0.15) is 4.31 Å². The van der Waals surface area contributed by atoms with E-state index in [9.17, 15) is 18.3 Å². The number of hydrogen-bond acceptors (Lipinski definition) is 7. The Bertz CT molecular complexity index is 869. The van der Waals surface area contributed by atoms with Gasteiger partial charge in [-0.05, 0) is 25.7 Å². The second-order valence-corrected chi connectivity index (χ2v) is 10.7. The number of aliphatic hydroxyl groups is 1. The highest BCUT2D eigenvalue weighted by molar-refractivity contribution is 7.89. The van der Waals surface area contributed by atoms with Crippen LogP contribution in [0, 0.1) is 0 Å². The smallest absolute Gasteiger partial charge is 0.262 e. The zero-order valence-corrected chi connectivity index (χ0v) is 18.7. The fraction of sp³-hybridized carbons (Fsp3) is 0.800. The molecule has 1 amide bonds. The lowest BCUT2D eigenvalue weighted by atomic mass is 9.96. The first-order valence-electron chi connectivity index (χ1n) is 11.0. The van der Waals surface area contributed by atoms with E-state index < -0.39 is 28.3 Å². The number of imidazole rings is 1. The van der Waals surface area contributed by atoms with Crippen molar-refractivity contribution < 1.29 is 27.8 Å². The number of nitrogens with zero attached hydrogens (tertiary/aromatic N) is 3. The van der Waals surface area contributed by atoms with E-state index in [1.165, 1.54) is 16.8 Å². The molecule has 4 rings (SSSR count). The molecular formula is C20H32N4O6S. The normalized spacial score (nSPS) is 31.0. The molecule has 4 atom stereocenters. The largest absolute Gasteiger partial charge is 0.389 e. The Morgan fingerprint density at radius 3 is 2.74 bits per heavy atom. The number of rotatable bonds is 5. The van der Waals surface area contributed by atoms with E-state index in [4.69, 9.17) is 9.47 Å². The minimum atomic E-state index is -3.91. The number of carbonyl (C=O) groups is 1. The highest BCUT2D eigenvalue weighted by Crippen LogP contribution is 2.31. The van der Waals surface area contributed by atoms with Crippen molar-refractivity contribution in [1.82, 2.24) is 19.2 Å². The van der Waals surface area contributed by atoms with E-state index in [1.54, 1.807) is 11.6 Å². The predicted molar refractivity (Wildman–Crippen MR) is 111 cm³/mol. The van der Waals surface area contributed by atoms with Gasteiger partial charge in [-0.15, -0.1) is 0 Å². The monoisotopic (exact) mass is 456 g/mol. The molecule has 1 aromatic heterocycles. The number of amides is 1. The van der Waals surface area contributed by atoms with Crippen molar-refractivity contribution in [3.05, 3.63) is 12.5 Å². The zero-order chi connectivity index (χ0) is 22.0. The molecule has 0 spiro atoms. The van der Waals surface area contributed by atoms with Gasteiger partial charge in [0.05, 0.1) is 50.3 Å². The maximum atomic E-state index is 13.3. The van der Waals surface area contributed by atoms with E-state index in [2.05, 4.69) is 10.3 Å². The van der Waals surface area contributed by atoms with Crippen LogP contribution in [0.25, 0.3) is 0 Å². The van der Waals surface area contributed by atoms with Gasteiger partial charge in [-0.25, -0.2) is 13.4 Å². The lowest BCUT2D eigenvalue weighted by Crippen LogP contribution is -2.57. The first-order chi connectivity index (χ1) is 14.8. The second kappa shape index (κ2) is 9.53. The van der Waals surface area contributed by atoms with Gasteiger partial charge >= 0.3 is 0 Å². The summed E-state index contributed by atoms with van der Waals surface area (Å²) in [5.74, 6) is -0.0181. The quantitative estimate of drug-likeness (QED) is 0.647. The fourth-order valence-electron chi connectivity index (χ4n) is 4.78. The number of ether oxygens (including phenoxy) is 2. The van der Waals surface area contributed by atoms with E-state index in [0.29, 0.717) is 12.8 Å². The number of aliphatic hydroxyl groups excluding tert-OH is 1. The van der Waals surface area contributed by atoms with Crippen LogP contribution >= 0.6 is 0 Å². The predicted octanol–water partition coefficient (Wildman–Crippen LogP) is 0.167. The first-order valence-corrected chi connectivity index (χ1v) is 12.5. The van der Waals surface area contributed by atoms with Crippen LogP contribution in [-0.2, 0) is 31.3 Å². The summed E-state index contributed by atoms with van der Waals surface area (Å²) in [6.07, 6.45) is 6.85. The molecule has 3 aliphatic rings. The molecule has 0 bridgehead atoms. The number of β-amino-alcohol motifs (C(OH)–C–C–N with tert-alkyl or cyclic N) is 1. The fourth-order valence-corrected chi connectivity index (χ4v) is 6.46. The Hall–Kier alpha value is -1.53. The number of fused-ring (bicyclic) bond motifs is 1. The van der Waals surface area contributed by atoms with Crippen LogP contribution in [0.3, 0.4) is 0 Å². The van der Waals surface area contributed by atoms with Crippen molar-refractivity contribution >= 4 is 15.9 Å². The Labute approximate surface area is 183 Å². The molecule has 0 radical (unpaired) electrons. The van der Waals surface area contributed by atoms with Crippen molar-refractivity contribution in [3.8, 4) is 0 Å². The summed E-state index contributed by atoms with van der Waals surface area (Å²) in [4.78, 5) is 16.4. The van der Waals surface area contributed by atoms with Crippen LogP contribution in [0.4, 0.5) is 0 Å². The third-order valence-electron chi connectivity index (χ3n) is 6.32. The average Bonchev–Trinajstić information content (AvgIpc) is 3.37. The van der Waals surface area contributed by atoms with Crippen LogP contribution < -0.4 is 5.32 Å². The summed E-state index contributed by atoms with van der Waals surface area (Å²) in [5, 5.41) is 13.3. The van der Waals surface area contributed by atoms with E-state index in [0.717, 1.165) is 25.7 Å². The number of hydrogen-bond donors (Lipinski definition) is 2. The molecule has 3 fully saturated rings. The maximum Gasteiger partial charge on any atom is 0.262 e. The molecule has 1 saturated carbocycles. The molecule has 2 saturated heterocycles. The third-order valence-corrected chi connectivity index (χ3v) is 8.10. The van der Waals surface area contributed by atoms with E-state index in [-0.39, 0.29) is 49.3 Å². The number of nitrogens with one attached hydrogen (secondary N) is 1. The zero-order valence-electron chi connectivity index (χ0n) is 17.9. The van der Waals surface area contributed by atoms with Crippen LogP contribution in [-0.4, -0.2) is 83.4 Å². The Balaban J connectivity index is 1.46. The van der Waals surface area contributed by atoms with Gasteiger partial charge < -0.3 is 24.5 Å². The third kappa shape index (κ3) is 5.28. The Morgan fingerprint density at radius 1 is 1.26 bits per heavy atom. The molecule has 2 N–H and O–H groups in total. The van der Waals surface area contributed by atoms with Gasteiger partial charge in [0.1, 0.15) is 0 Å². The van der Waals surface area contributed by atoms with Crippen LogP contribution in [0.15, 0.2) is 17.6 Å². The van der Waals surface area contributed by atoms with E-state index >= 15 is 0 Å². The minimum Gasteiger partial charge on any atom is -0.389 e. The summed E-state index contributed by atoms with van der Waals surface area (Å²) >= 11 is 0. The number of sulfonamides is 1. The molecule has 174 valence electrons. The summed E-state index contributed by atoms with van der Waals surface area (Å²) < 4.78 is 41.2. The molecule has 10 nitrogen and oxygen atoms in total. The molecule has 1 aromatic rings. The van der Waals surface area contributed by atoms with Crippen LogP contribution in [0.1, 0.15) is 44.9 Å². The van der Waals surface area contributed by atoms with Crippen molar-refractivity contribution in [2.75, 3.05) is 19.8 Å². The van der Waals surface area contributed by atoms with Gasteiger partial charge in [-0.1, -0.05) is 12.8 Å². The topological polar surface area (TPSA) is 123 Å².